The van der Waals surface area contributed by atoms with Gasteiger partial charge in [-0.2, -0.15) is 0 Å². The fraction of sp³-hybridized carbons (Fsp3) is 0.417. The van der Waals surface area contributed by atoms with Gasteiger partial charge in [0.05, 0.1) is 10.6 Å². The lowest BCUT2D eigenvalue weighted by atomic mass is 10.2. The summed E-state index contributed by atoms with van der Waals surface area (Å²) in [4.78, 5) is 12.1. The second-order valence-corrected chi connectivity index (χ2v) is 5.86. The van der Waals surface area contributed by atoms with Gasteiger partial charge in [-0.05, 0) is 24.6 Å². The van der Waals surface area contributed by atoms with Crippen LogP contribution in [0, 0.1) is 0 Å². The van der Waals surface area contributed by atoms with E-state index in [1.165, 1.54) is 0 Å². The molecule has 0 saturated heterocycles. The average molecular weight is 339 g/mol. The van der Waals surface area contributed by atoms with Crippen molar-refractivity contribution in [3.63, 3.8) is 0 Å². The van der Waals surface area contributed by atoms with Gasteiger partial charge in [0.1, 0.15) is 0 Å². The van der Waals surface area contributed by atoms with Crippen molar-refractivity contribution in [3.8, 4) is 0 Å². The Bertz CT molecular complexity index is 398. The molecule has 0 aliphatic carbocycles. The van der Waals surface area contributed by atoms with Gasteiger partial charge in [0.15, 0.2) is 0 Å². The molecule has 0 bridgehead atoms. The summed E-state index contributed by atoms with van der Waals surface area (Å²) in [7, 11) is 0. The zero-order chi connectivity index (χ0) is 12.8. The van der Waals surface area contributed by atoms with Crippen molar-refractivity contribution in [2.75, 3.05) is 6.54 Å². The average Bonchev–Trinajstić information content (AvgIpc) is 2.29. The van der Waals surface area contributed by atoms with E-state index in [9.17, 15) is 4.79 Å². The van der Waals surface area contributed by atoms with Crippen LogP contribution in [0.5, 0.6) is 0 Å². The van der Waals surface area contributed by atoms with Crippen molar-refractivity contribution in [1.82, 2.24) is 5.32 Å². The summed E-state index contributed by atoms with van der Waals surface area (Å²) < 4.78 is 0. The largest absolute Gasteiger partial charge is 0.351 e. The maximum atomic E-state index is 11.9. The molecule has 0 radical (unpaired) electrons. The van der Waals surface area contributed by atoms with Crippen LogP contribution in [0.25, 0.3) is 0 Å². The summed E-state index contributed by atoms with van der Waals surface area (Å²) >= 11 is 15.3. The van der Waals surface area contributed by atoms with Crippen LogP contribution in [0.2, 0.25) is 10.0 Å². The van der Waals surface area contributed by atoms with Gasteiger partial charge in [-0.25, -0.2) is 0 Å². The van der Waals surface area contributed by atoms with E-state index in [2.05, 4.69) is 28.2 Å². The predicted molar refractivity (Wildman–Crippen MR) is 76.4 cm³/mol. The van der Waals surface area contributed by atoms with Crippen LogP contribution in [0.4, 0.5) is 0 Å². The number of carbonyl (C=O) groups excluding carboxylic acids is 1. The Hall–Kier alpha value is -0.250. The first-order chi connectivity index (χ1) is 8.04. The minimum atomic E-state index is -0.196. The van der Waals surface area contributed by atoms with Crippen LogP contribution in [0.1, 0.15) is 30.1 Å². The molecule has 1 unspecified atom stereocenters. The molecule has 2 nitrogen and oxygen atoms in total. The number of rotatable bonds is 5. The lowest BCUT2D eigenvalue weighted by Gasteiger charge is -2.11. The van der Waals surface area contributed by atoms with Crippen molar-refractivity contribution in [1.29, 1.82) is 0 Å². The Morgan fingerprint density at radius 2 is 2.18 bits per heavy atom. The first kappa shape index (κ1) is 14.8. The molecule has 0 aliphatic heterocycles. The molecular formula is C12H14BrCl2NO. The van der Waals surface area contributed by atoms with E-state index in [0.29, 0.717) is 22.2 Å². The quantitative estimate of drug-likeness (QED) is 0.797. The number of hydrogen-bond acceptors (Lipinski definition) is 1. The fourth-order valence-electron chi connectivity index (χ4n) is 1.39. The number of hydrogen-bond donors (Lipinski definition) is 1. The van der Waals surface area contributed by atoms with Crippen molar-refractivity contribution in [2.45, 2.75) is 24.6 Å². The van der Waals surface area contributed by atoms with Gasteiger partial charge >= 0.3 is 0 Å². The molecule has 0 spiro atoms. The van der Waals surface area contributed by atoms with E-state index >= 15 is 0 Å². The number of amides is 1. The molecule has 1 atom stereocenters. The Morgan fingerprint density at radius 3 is 2.82 bits per heavy atom. The number of halogens is 3. The van der Waals surface area contributed by atoms with Crippen molar-refractivity contribution in [3.05, 3.63) is 33.8 Å². The van der Waals surface area contributed by atoms with Gasteiger partial charge in [0.2, 0.25) is 0 Å². The predicted octanol–water partition coefficient (Wildman–Crippen LogP) is 4.29. The molecule has 0 fully saturated rings. The zero-order valence-corrected chi connectivity index (χ0v) is 12.6. The molecule has 1 N–H and O–H groups in total. The molecule has 0 heterocycles. The van der Waals surface area contributed by atoms with Crippen molar-refractivity contribution in [2.24, 2.45) is 0 Å². The van der Waals surface area contributed by atoms with Crippen LogP contribution in [0.3, 0.4) is 0 Å². The molecular weight excluding hydrogens is 325 g/mol. The molecule has 0 aromatic heterocycles. The highest BCUT2D eigenvalue weighted by atomic mass is 79.9. The molecule has 94 valence electrons. The molecule has 0 saturated carbocycles. The summed E-state index contributed by atoms with van der Waals surface area (Å²) in [6, 6.07) is 4.85. The normalized spacial score (nSPS) is 12.2. The summed E-state index contributed by atoms with van der Waals surface area (Å²) in [5.41, 5.74) is 0.412. The Kier molecular flexibility index (Phi) is 6.31. The van der Waals surface area contributed by atoms with E-state index in [0.717, 1.165) is 12.8 Å². The van der Waals surface area contributed by atoms with E-state index < -0.39 is 0 Å². The van der Waals surface area contributed by atoms with Gasteiger partial charge in [0, 0.05) is 16.4 Å². The first-order valence-corrected chi connectivity index (χ1v) is 7.09. The van der Waals surface area contributed by atoms with Gasteiger partial charge in [-0.3, -0.25) is 4.79 Å². The third-order valence-electron chi connectivity index (χ3n) is 2.26. The van der Waals surface area contributed by atoms with Gasteiger partial charge in [-0.1, -0.05) is 52.5 Å². The Balaban J connectivity index is 2.61. The monoisotopic (exact) mass is 337 g/mol. The molecule has 1 aromatic carbocycles. The van der Waals surface area contributed by atoms with E-state index in [1.807, 2.05) is 0 Å². The highest BCUT2D eigenvalue weighted by Gasteiger charge is 2.12. The third kappa shape index (κ3) is 4.86. The smallest absolute Gasteiger partial charge is 0.252 e. The van der Waals surface area contributed by atoms with Crippen LogP contribution < -0.4 is 5.32 Å². The molecule has 0 aliphatic rings. The second-order valence-electron chi connectivity index (χ2n) is 3.72. The SMILES string of the molecule is CCCC(Br)CNC(=O)c1cc(Cl)ccc1Cl. The van der Waals surface area contributed by atoms with Crippen molar-refractivity contribution < 1.29 is 4.79 Å². The van der Waals surface area contributed by atoms with E-state index in [4.69, 9.17) is 23.2 Å². The number of alkyl halides is 1. The summed E-state index contributed by atoms with van der Waals surface area (Å²) in [5, 5.41) is 3.74. The van der Waals surface area contributed by atoms with Crippen LogP contribution in [0.15, 0.2) is 18.2 Å². The number of nitrogens with one attached hydrogen (secondary N) is 1. The molecule has 1 rings (SSSR count). The topological polar surface area (TPSA) is 29.1 Å². The molecule has 1 amide bonds. The van der Waals surface area contributed by atoms with Crippen LogP contribution in [-0.2, 0) is 0 Å². The first-order valence-electron chi connectivity index (χ1n) is 5.42. The second kappa shape index (κ2) is 7.24. The maximum absolute atomic E-state index is 11.9. The van der Waals surface area contributed by atoms with Crippen LogP contribution >= 0.6 is 39.1 Å². The van der Waals surface area contributed by atoms with E-state index in [1.54, 1.807) is 18.2 Å². The highest BCUT2D eigenvalue weighted by molar-refractivity contribution is 9.09. The molecule has 17 heavy (non-hydrogen) atoms. The summed E-state index contributed by atoms with van der Waals surface area (Å²) in [6.07, 6.45) is 2.09. The lowest BCUT2D eigenvalue weighted by molar-refractivity contribution is 0.0954. The van der Waals surface area contributed by atoms with Gasteiger partial charge < -0.3 is 5.32 Å². The van der Waals surface area contributed by atoms with Crippen molar-refractivity contribution >= 4 is 45.0 Å². The maximum Gasteiger partial charge on any atom is 0.252 e. The van der Waals surface area contributed by atoms with Gasteiger partial charge in [-0.15, -0.1) is 0 Å². The fourth-order valence-corrected chi connectivity index (χ4v) is 2.38. The number of carbonyl (C=O) groups is 1. The lowest BCUT2D eigenvalue weighted by Crippen LogP contribution is -2.29. The minimum Gasteiger partial charge on any atom is -0.351 e. The summed E-state index contributed by atoms with van der Waals surface area (Å²) in [6.45, 7) is 2.68. The number of benzene rings is 1. The van der Waals surface area contributed by atoms with Gasteiger partial charge in [0.25, 0.3) is 5.91 Å². The third-order valence-corrected chi connectivity index (χ3v) is 3.61. The Labute approximate surface area is 120 Å². The molecule has 5 heteroatoms. The van der Waals surface area contributed by atoms with E-state index in [-0.39, 0.29) is 10.7 Å². The van der Waals surface area contributed by atoms with Crippen LogP contribution in [-0.4, -0.2) is 17.3 Å². The minimum absolute atomic E-state index is 0.196. The molecule has 1 aromatic rings. The summed E-state index contributed by atoms with van der Waals surface area (Å²) in [5.74, 6) is -0.196. The Morgan fingerprint density at radius 1 is 1.47 bits per heavy atom. The highest BCUT2D eigenvalue weighted by Crippen LogP contribution is 2.20. The zero-order valence-electron chi connectivity index (χ0n) is 9.47. The standard InChI is InChI=1S/C12H14BrCl2NO/c1-2-3-8(13)7-16-12(17)10-6-9(14)4-5-11(10)15/h4-6,8H,2-3,7H2,1H3,(H,16,17).